The Bertz CT molecular complexity index is 639. The average Bonchev–Trinajstić information content (AvgIpc) is 2.79. The molecule has 1 N–H and O–H groups in total. The molecule has 21 heavy (non-hydrogen) atoms. The van der Waals surface area contributed by atoms with Crippen LogP contribution in [-0.2, 0) is 11.8 Å². The second kappa shape index (κ2) is 5.93. The molecule has 112 valence electrons. The van der Waals surface area contributed by atoms with Gasteiger partial charge in [-0.3, -0.25) is 4.79 Å². The summed E-state index contributed by atoms with van der Waals surface area (Å²) in [4.78, 5) is 13.5. The Labute approximate surface area is 129 Å². The lowest BCUT2D eigenvalue weighted by Crippen LogP contribution is -2.17. The summed E-state index contributed by atoms with van der Waals surface area (Å²) in [6.07, 6.45) is 0.854. The van der Waals surface area contributed by atoms with Gasteiger partial charge in [-0.1, -0.05) is 27.7 Å². The normalized spacial score (nSPS) is 11.5. The van der Waals surface area contributed by atoms with Gasteiger partial charge in [0, 0.05) is 15.7 Å². The first-order chi connectivity index (χ1) is 9.82. The molecule has 0 aliphatic carbocycles. The smallest absolute Gasteiger partial charge is 0.257 e. The molecule has 0 fully saturated rings. The van der Waals surface area contributed by atoms with Crippen LogP contribution in [0, 0.1) is 6.92 Å². The van der Waals surface area contributed by atoms with E-state index in [4.69, 9.17) is 0 Å². The largest absolute Gasteiger partial charge is 0.305 e. The molecule has 0 unspecified atom stereocenters. The number of nitrogens with one attached hydrogen (secondary N) is 1. The van der Waals surface area contributed by atoms with Crippen molar-refractivity contribution in [3.8, 4) is 0 Å². The van der Waals surface area contributed by atoms with Gasteiger partial charge < -0.3 is 5.32 Å². The van der Waals surface area contributed by atoms with Crippen LogP contribution in [0.15, 0.2) is 17.5 Å². The predicted molar refractivity (Wildman–Crippen MR) is 87.1 cm³/mol. The number of carbonyl (C=O) groups excluding carboxylic acids is 1. The molecule has 0 aliphatic rings. The highest BCUT2D eigenvalue weighted by Crippen LogP contribution is 2.23. The topological polar surface area (TPSA) is 54.9 Å². The number of hydrogen-bond donors (Lipinski definition) is 1. The van der Waals surface area contributed by atoms with Crippen molar-refractivity contribution in [3.05, 3.63) is 39.2 Å². The zero-order valence-electron chi connectivity index (χ0n) is 13.2. The summed E-state index contributed by atoms with van der Waals surface area (Å²) < 4.78 is 0. The van der Waals surface area contributed by atoms with Crippen molar-refractivity contribution in [1.29, 1.82) is 0 Å². The molecule has 0 bridgehead atoms. The molecular formula is C16H21N3OS. The Morgan fingerprint density at radius 3 is 2.52 bits per heavy atom. The lowest BCUT2D eigenvalue weighted by atomic mass is 9.92. The minimum absolute atomic E-state index is 0.0462. The Hall–Kier alpha value is -1.75. The molecule has 0 saturated carbocycles. The van der Waals surface area contributed by atoms with Gasteiger partial charge in [0.25, 0.3) is 5.91 Å². The molecule has 2 heterocycles. The van der Waals surface area contributed by atoms with Crippen molar-refractivity contribution in [3.63, 3.8) is 0 Å². The number of hydrogen-bond acceptors (Lipinski definition) is 4. The quantitative estimate of drug-likeness (QED) is 0.933. The third kappa shape index (κ3) is 3.47. The zero-order valence-corrected chi connectivity index (χ0v) is 14.0. The van der Waals surface area contributed by atoms with E-state index in [9.17, 15) is 4.79 Å². The van der Waals surface area contributed by atoms with Crippen LogP contribution in [0.5, 0.6) is 0 Å². The average molecular weight is 303 g/mol. The van der Waals surface area contributed by atoms with Gasteiger partial charge >= 0.3 is 0 Å². The van der Waals surface area contributed by atoms with E-state index in [1.54, 1.807) is 17.4 Å². The Morgan fingerprint density at radius 1 is 1.29 bits per heavy atom. The standard InChI is InChI=1S/C16H21N3OS/c1-6-11-10(2)21-9-12(11)15(20)17-14-8-7-13(18-19-14)16(3,4)5/h7-9H,6H2,1-5H3,(H,17,19,20). The Balaban J connectivity index is 2.16. The lowest BCUT2D eigenvalue weighted by Gasteiger charge is -2.16. The van der Waals surface area contributed by atoms with Crippen LogP contribution in [0.2, 0.25) is 0 Å². The lowest BCUT2D eigenvalue weighted by molar-refractivity contribution is 0.102. The Kier molecular flexibility index (Phi) is 4.42. The summed E-state index contributed by atoms with van der Waals surface area (Å²) in [7, 11) is 0. The number of nitrogens with zero attached hydrogens (tertiary/aromatic N) is 2. The number of aromatic nitrogens is 2. The van der Waals surface area contributed by atoms with Crippen LogP contribution in [0.3, 0.4) is 0 Å². The highest BCUT2D eigenvalue weighted by atomic mass is 32.1. The molecule has 1 amide bonds. The van der Waals surface area contributed by atoms with E-state index >= 15 is 0 Å². The molecule has 0 aliphatic heterocycles. The number of rotatable bonds is 3. The molecule has 0 spiro atoms. The summed E-state index contributed by atoms with van der Waals surface area (Å²) in [5.74, 6) is 0.368. The van der Waals surface area contributed by atoms with Gasteiger partial charge in [-0.15, -0.1) is 16.4 Å². The van der Waals surface area contributed by atoms with Crippen LogP contribution in [-0.4, -0.2) is 16.1 Å². The zero-order chi connectivity index (χ0) is 15.6. The van der Waals surface area contributed by atoms with Crippen molar-refractivity contribution >= 4 is 23.1 Å². The van der Waals surface area contributed by atoms with Gasteiger partial charge in [-0.05, 0) is 31.0 Å². The van der Waals surface area contributed by atoms with Gasteiger partial charge in [0.15, 0.2) is 5.82 Å². The van der Waals surface area contributed by atoms with Gasteiger partial charge in [-0.2, -0.15) is 5.10 Å². The molecule has 0 radical (unpaired) electrons. The number of carbonyl (C=O) groups is 1. The maximum Gasteiger partial charge on any atom is 0.257 e. The predicted octanol–water partition coefficient (Wildman–Crippen LogP) is 3.96. The summed E-state index contributed by atoms with van der Waals surface area (Å²) in [6.45, 7) is 10.3. The van der Waals surface area contributed by atoms with Crippen LogP contribution in [0.1, 0.15) is 54.2 Å². The second-order valence-corrected chi connectivity index (χ2v) is 7.13. The summed E-state index contributed by atoms with van der Waals surface area (Å²) in [5, 5.41) is 13.0. The number of amides is 1. The summed E-state index contributed by atoms with van der Waals surface area (Å²) in [5.41, 5.74) is 2.70. The van der Waals surface area contributed by atoms with E-state index < -0.39 is 0 Å². The van der Waals surface area contributed by atoms with Crippen LogP contribution < -0.4 is 5.32 Å². The third-order valence-corrected chi connectivity index (χ3v) is 4.33. The first-order valence-electron chi connectivity index (χ1n) is 7.05. The molecule has 0 saturated heterocycles. The number of anilines is 1. The van der Waals surface area contributed by atoms with E-state index in [-0.39, 0.29) is 11.3 Å². The van der Waals surface area contributed by atoms with E-state index in [0.29, 0.717) is 5.82 Å². The first kappa shape index (κ1) is 15.6. The molecule has 0 aromatic carbocycles. The molecule has 2 aromatic heterocycles. The highest BCUT2D eigenvalue weighted by molar-refractivity contribution is 7.10. The number of thiophene rings is 1. The van der Waals surface area contributed by atoms with Gasteiger partial charge in [0.05, 0.1) is 11.3 Å². The van der Waals surface area contributed by atoms with Crippen molar-refractivity contribution in [2.24, 2.45) is 0 Å². The molecule has 2 rings (SSSR count). The Morgan fingerprint density at radius 2 is 2.00 bits per heavy atom. The monoisotopic (exact) mass is 303 g/mol. The van der Waals surface area contributed by atoms with E-state index in [1.165, 1.54) is 4.88 Å². The van der Waals surface area contributed by atoms with Crippen LogP contribution in [0.25, 0.3) is 0 Å². The summed E-state index contributed by atoms with van der Waals surface area (Å²) in [6, 6.07) is 3.71. The number of aryl methyl sites for hydroxylation is 1. The van der Waals surface area contributed by atoms with Crippen LogP contribution in [0.4, 0.5) is 5.82 Å². The van der Waals surface area contributed by atoms with Gasteiger partial charge in [-0.25, -0.2) is 0 Å². The van der Waals surface area contributed by atoms with Crippen molar-refractivity contribution in [1.82, 2.24) is 10.2 Å². The second-order valence-electron chi connectivity index (χ2n) is 6.05. The minimum atomic E-state index is -0.117. The van der Waals surface area contributed by atoms with Gasteiger partial charge in [0.2, 0.25) is 0 Å². The SMILES string of the molecule is CCc1c(C(=O)Nc2ccc(C(C)(C)C)nn2)csc1C. The van der Waals surface area contributed by atoms with Crippen molar-refractivity contribution in [2.75, 3.05) is 5.32 Å². The van der Waals surface area contributed by atoms with Crippen molar-refractivity contribution < 1.29 is 4.79 Å². The fourth-order valence-electron chi connectivity index (χ4n) is 2.09. The maximum absolute atomic E-state index is 12.3. The molecule has 2 aromatic rings. The summed E-state index contributed by atoms with van der Waals surface area (Å²) >= 11 is 1.60. The molecular weight excluding hydrogens is 282 g/mol. The van der Waals surface area contributed by atoms with Gasteiger partial charge in [0.1, 0.15) is 0 Å². The fourth-order valence-corrected chi connectivity index (χ4v) is 3.03. The maximum atomic E-state index is 12.3. The van der Waals surface area contributed by atoms with Crippen molar-refractivity contribution in [2.45, 2.75) is 46.5 Å². The van der Waals surface area contributed by atoms with E-state index in [0.717, 1.165) is 23.2 Å². The molecule has 4 nitrogen and oxygen atoms in total. The third-order valence-electron chi connectivity index (χ3n) is 3.38. The van der Waals surface area contributed by atoms with E-state index in [1.807, 2.05) is 18.4 Å². The first-order valence-corrected chi connectivity index (χ1v) is 7.93. The van der Waals surface area contributed by atoms with Crippen LogP contribution >= 0.6 is 11.3 Å². The highest BCUT2D eigenvalue weighted by Gasteiger charge is 2.17. The molecule has 5 heteroatoms. The molecule has 0 atom stereocenters. The fraction of sp³-hybridized carbons (Fsp3) is 0.438. The minimum Gasteiger partial charge on any atom is -0.305 e. The van der Waals surface area contributed by atoms with E-state index in [2.05, 4.69) is 43.2 Å².